The van der Waals surface area contributed by atoms with Gasteiger partial charge in [0.25, 0.3) is 0 Å². The lowest BCUT2D eigenvalue weighted by atomic mass is 10.2. The van der Waals surface area contributed by atoms with E-state index in [-0.39, 0.29) is 0 Å². The lowest BCUT2D eigenvalue weighted by Gasteiger charge is -2.09. The minimum atomic E-state index is 0.449. The molecule has 144 valence electrons. The van der Waals surface area contributed by atoms with Gasteiger partial charge in [-0.05, 0) is 69.5 Å². The summed E-state index contributed by atoms with van der Waals surface area (Å²) in [5.41, 5.74) is 5.82. The van der Waals surface area contributed by atoms with E-state index in [9.17, 15) is 0 Å². The van der Waals surface area contributed by atoms with Gasteiger partial charge in [0.15, 0.2) is 0 Å². The fourth-order valence-corrected chi connectivity index (χ4v) is 3.71. The maximum atomic E-state index is 6.15. The van der Waals surface area contributed by atoms with Crippen LogP contribution in [0.5, 0.6) is 5.75 Å². The second-order valence-electron chi connectivity index (χ2n) is 5.90. The van der Waals surface area contributed by atoms with Crippen molar-refractivity contribution in [3.63, 3.8) is 0 Å². The molecule has 0 aliphatic rings. The molecule has 0 saturated heterocycles. The first-order valence-corrected chi connectivity index (χ1v) is 10.7. The van der Waals surface area contributed by atoms with E-state index in [0.29, 0.717) is 23.2 Å². The Bertz CT molecular complexity index is 958. The van der Waals surface area contributed by atoms with Gasteiger partial charge in [0.05, 0.1) is 17.2 Å². The second-order valence-corrected chi connectivity index (χ2v) is 8.48. The van der Waals surface area contributed by atoms with Crippen LogP contribution in [0.3, 0.4) is 0 Å². The molecule has 7 heteroatoms. The molecule has 0 unspecified atom stereocenters. The summed E-state index contributed by atoms with van der Waals surface area (Å²) >= 11 is 19.3. The average Bonchev–Trinajstić information content (AvgIpc) is 2.67. The zero-order valence-electron chi connectivity index (χ0n) is 14.6. The first-order chi connectivity index (χ1) is 13.5. The molecule has 0 bridgehead atoms. The van der Waals surface area contributed by atoms with Crippen LogP contribution in [0.15, 0.2) is 74.7 Å². The molecule has 0 saturated carbocycles. The molecule has 3 aromatic rings. The SMILES string of the molecule is Clc1cccc(Cl)c1CN/N=C/c1ccc(OCc2ccc(Br)cc2)c(Br)c1. The smallest absolute Gasteiger partial charge is 0.134 e. The van der Waals surface area contributed by atoms with E-state index in [4.69, 9.17) is 27.9 Å². The van der Waals surface area contributed by atoms with Crippen LogP contribution in [0.1, 0.15) is 16.7 Å². The molecule has 0 radical (unpaired) electrons. The summed E-state index contributed by atoms with van der Waals surface area (Å²) in [7, 11) is 0. The first kappa shape index (κ1) is 21.2. The zero-order valence-corrected chi connectivity index (χ0v) is 19.3. The van der Waals surface area contributed by atoms with Crippen LogP contribution in [0.4, 0.5) is 0 Å². The molecule has 0 aliphatic heterocycles. The number of benzene rings is 3. The monoisotopic (exact) mass is 540 g/mol. The highest BCUT2D eigenvalue weighted by molar-refractivity contribution is 9.10. The van der Waals surface area contributed by atoms with Crippen LogP contribution >= 0.6 is 55.1 Å². The number of hydrazone groups is 1. The van der Waals surface area contributed by atoms with Gasteiger partial charge in [0.2, 0.25) is 0 Å². The molecule has 3 rings (SSSR count). The van der Waals surface area contributed by atoms with Crippen LogP contribution in [-0.4, -0.2) is 6.21 Å². The average molecular weight is 543 g/mol. The molecular formula is C21H16Br2Cl2N2O. The molecule has 0 fully saturated rings. The molecule has 28 heavy (non-hydrogen) atoms. The van der Waals surface area contributed by atoms with Crippen molar-refractivity contribution in [2.75, 3.05) is 0 Å². The van der Waals surface area contributed by atoms with Crippen LogP contribution < -0.4 is 10.2 Å². The van der Waals surface area contributed by atoms with Gasteiger partial charge in [-0.2, -0.15) is 5.10 Å². The minimum absolute atomic E-state index is 0.449. The van der Waals surface area contributed by atoms with E-state index in [0.717, 1.165) is 31.4 Å². The van der Waals surface area contributed by atoms with Gasteiger partial charge in [-0.3, -0.25) is 0 Å². The maximum absolute atomic E-state index is 6.15. The van der Waals surface area contributed by atoms with Crippen molar-refractivity contribution in [2.45, 2.75) is 13.2 Å². The fraction of sp³-hybridized carbons (Fsp3) is 0.0952. The molecule has 0 aromatic heterocycles. The van der Waals surface area contributed by atoms with Crippen molar-refractivity contribution in [3.8, 4) is 5.75 Å². The Balaban J connectivity index is 1.56. The van der Waals surface area contributed by atoms with E-state index < -0.39 is 0 Å². The third-order valence-electron chi connectivity index (χ3n) is 3.89. The van der Waals surface area contributed by atoms with E-state index in [1.165, 1.54) is 0 Å². The maximum Gasteiger partial charge on any atom is 0.134 e. The van der Waals surface area contributed by atoms with E-state index in [1.54, 1.807) is 18.3 Å². The molecule has 0 atom stereocenters. The summed E-state index contributed by atoms with van der Waals surface area (Å²) in [4.78, 5) is 0. The number of hydrogen-bond donors (Lipinski definition) is 1. The summed E-state index contributed by atoms with van der Waals surface area (Å²) in [6.07, 6.45) is 1.73. The largest absolute Gasteiger partial charge is 0.488 e. The lowest BCUT2D eigenvalue weighted by molar-refractivity contribution is 0.304. The van der Waals surface area contributed by atoms with Gasteiger partial charge in [0.1, 0.15) is 12.4 Å². The van der Waals surface area contributed by atoms with Crippen molar-refractivity contribution in [1.82, 2.24) is 5.43 Å². The van der Waals surface area contributed by atoms with Crippen molar-refractivity contribution in [3.05, 3.63) is 96.3 Å². The lowest BCUT2D eigenvalue weighted by Crippen LogP contribution is -2.06. The summed E-state index contributed by atoms with van der Waals surface area (Å²) in [5.74, 6) is 0.774. The Hall–Kier alpha value is -1.53. The first-order valence-electron chi connectivity index (χ1n) is 8.38. The molecule has 0 amide bonds. The highest BCUT2D eigenvalue weighted by Gasteiger charge is 2.05. The summed E-state index contributed by atoms with van der Waals surface area (Å²) in [6, 6.07) is 19.3. The van der Waals surface area contributed by atoms with Gasteiger partial charge in [-0.25, -0.2) is 0 Å². The predicted molar refractivity (Wildman–Crippen MR) is 124 cm³/mol. The second kappa shape index (κ2) is 10.3. The standard InChI is InChI=1S/C21H16Br2Cl2N2O/c22-16-7-4-14(5-8-16)13-28-21-9-6-15(10-18(21)23)11-26-27-12-17-19(24)2-1-3-20(17)25/h1-11,27H,12-13H2/b26-11+. The molecule has 0 aliphatic carbocycles. The van der Waals surface area contributed by atoms with Gasteiger partial charge in [-0.1, -0.05) is 57.3 Å². The molecule has 1 N–H and O–H groups in total. The number of nitrogens with zero attached hydrogens (tertiary/aromatic N) is 1. The van der Waals surface area contributed by atoms with Crippen LogP contribution in [0.25, 0.3) is 0 Å². The summed E-state index contributed by atoms with van der Waals surface area (Å²) < 4.78 is 7.79. The normalized spacial score (nSPS) is 11.0. The third-order valence-corrected chi connectivity index (χ3v) is 5.74. The molecular weight excluding hydrogens is 527 g/mol. The van der Waals surface area contributed by atoms with Crippen molar-refractivity contribution in [1.29, 1.82) is 0 Å². The van der Waals surface area contributed by atoms with Crippen LogP contribution in [0.2, 0.25) is 10.0 Å². The number of halogens is 4. The Labute approximate surface area is 191 Å². The molecule has 0 heterocycles. The highest BCUT2D eigenvalue weighted by Crippen LogP contribution is 2.27. The van der Waals surface area contributed by atoms with E-state index >= 15 is 0 Å². The van der Waals surface area contributed by atoms with Crippen molar-refractivity contribution < 1.29 is 4.74 Å². The van der Waals surface area contributed by atoms with Gasteiger partial charge < -0.3 is 10.2 Å². The minimum Gasteiger partial charge on any atom is -0.488 e. The summed E-state index contributed by atoms with van der Waals surface area (Å²) in [5, 5.41) is 5.47. The van der Waals surface area contributed by atoms with Gasteiger partial charge >= 0.3 is 0 Å². The Morgan fingerprint density at radius 2 is 1.68 bits per heavy atom. The highest BCUT2D eigenvalue weighted by atomic mass is 79.9. The third kappa shape index (κ3) is 5.98. The van der Waals surface area contributed by atoms with Gasteiger partial charge in [0, 0.05) is 20.1 Å². The Morgan fingerprint density at radius 3 is 2.36 bits per heavy atom. The quantitative estimate of drug-likeness (QED) is 0.252. The molecule has 0 spiro atoms. The van der Waals surface area contributed by atoms with Crippen molar-refractivity contribution >= 4 is 61.3 Å². The number of ether oxygens (including phenoxy) is 1. The number of nitrogens with one attached hydrogen (secondary N) is 1. The molecule has 3 nitrogen and oxygen atoms in total. The Morgan fingerprint density at radius 1 is 0.964 bits per heavy atom. The molecule has 3 aromatic carbocycles. The van der Waals surface area contributed by atoms with Crippen LogP contribution in [-0.2, 0) is 13.2 Å². The van der Waals surface area contributed by atoms with E-state index in [1.807, 2.05) is 48.5 Å². The summed E-state index contributed by atoms with van der Waals surface area (Å²) in [6.45, 7) is 0.948. The van der Waals surface area contributed by atoms with Crippen molar-refractivity contribution in [2.24, 2.45) is 5.10 Å². The van der Waals surface area contributed by atoms with E-state index in [2.05, 4.69) is 42.4 Å². The predicted octanol–water partition coefficient (Wildman–Crippen LogP) is 7.22. The fourth-order valence-electron chi connectivity index (χ4n) is 2.40. The topological polar surface area (TPSA) is 33.6 Å². The Kier molecular flexibility index (Phi) is 7.80. The number of hydrogen-bond acceptors (Lipinski definition) is 3. The van der Waals surface area contributed by atoms with Gasteiger partial charge in [-0.15, -0.1) is 0 Å². The number of rotatable bonds is 7. The zero-order chi connectivity index (χ0) is 19.9. The van der Waals surface area contributed by atoms with Crippen LogP contribution in [0, 0.1) is 0 Å².